The minimum absolute atomic E-state index is 0.000448. The summed E-state index contributed by atoms with van der Waals surface area (Å²) in [5, 5.41) is 0. The molecule has 0 heterocycles. The molecule has 0 radical (unpaired) electrons. The van der Waals surface area contributed by atoms with Gasteiger partial charge in [0.1, 0.15) is 23.1 Å². The molecule has 0 aromatic carbocycles. The lowest BCUT2D eigenvalue weighted by Crippen LogP contribution is -2.08. The summed E-state index contributed by atoms with van der Waals surface area (Å²) >= 11 is 0. The van der Waals surface area contributed by atoms with Crippen LogP contribution in [0.1, 0.15) is 52.4 Å². The SMILES string of the molecule is CC(=O)CC(=O)CCCOCCCC(=O)CC(C)=O. The predicted molar refractivity (Wildman–Crippen MR) is 69.9 cm³/mol. The van der Waals surface area contributed by atoms with Gasteiger partial charge in [-0.2, -0.15) is 0 Å². The lowest BCUT2D eigenvalue weighted by atomic mass is 10.1. The Morgan fingerprint density at radius 3 is 1.42 bits per heavy atom. The third-order valence-corrected chi connectivity index (χ3v) is 2.38. The molecule has 0 N–H and O–H groups in total. The van der Waals surface area contributed by atoms with E-state index in [-0.39, 0.29) is 36.0 Å². The van der Waals surface area contributed by atoms with Gasteiger partial charge in [-0.3, -0.25) is 19.2 Å². The first-order valence-electron chi connectivity index (χ1n) is 6.52. The molecule has 0 aromatic rings. The zero-order valence-corrected chi connectivity index (χ0v) is 11.7. The molecule has 0 fully saturated rings. The molecule has 0 amide bonds. The lowest BCUT2D eigenvalue weighted by Gasteiger charge is -2.03. The van der Waals surface area contributed by atoms with Crippen LogP contribution in [0.15, 0.2) is 0 Å². The summed E-state index contributed by atoms with van der Waals surface area (Å²) in [7, 11) is 0. The number of carbonyl (C=O) groups excluding carboxylic acids is 4. The number of ketones is 4. The Labute approximate surface area is 113 Å². The summed E-state index contributed by atoms with van der Waals surface area (Å²) in [5.41, 5.74) is 0. The molecule has 0 aliphatic carbocycles. The number of ether oxygens (including phenoxy) is 1. The molecule has 0 spiro atoms. The standard InChI is InChI=1S/C14H22O5/c1-11(15)9-13(17)5-3-7-19-8-4-6-14(18)10-12(2)16/h3-10H2,1-2H3. The van der Waals surface area contributed by atoms with E-state index in [1.807, 2.05) is 0 Å². The van der Waals surface area contributed by atoms with Gasteiger partial charge in [0.15, 0.2) is 0 Å². The van der Waals surface area contributed by atoms with Crippen molar-refractivity contribution >= 4 is 23.1 Å². The monoisotopic (exact) mass is 270 g/mol. The van der Waals surface area contributed by atoms with Gasteiger partial charge in [-0.25, -0.2) is 0 Å². The Bertz CT molecular complexity index is 301. The van der Waals surface area contributed by atoms with Crippen molar-refractivity contribution < 1.29 is 23.9 Å². The van der Waals surface area contributed by atoms with Crippen molar-refractivity contribution in [3.8, 4) is 0 Å². The van der Waals surface area contributed by atoms with Crippen molar-refractivity contribution in [2.75, 3.05) is 13.2 Å². The van der Waals surface area contributed by atoms with Crippen LogP contribution in [-0.2, 0) is 23.9 Å². The number of hydrogen-bond acceptors (Lipinski definition) is 5. The molecule has 5 nitrogen and oxygen atoms in total. The van der Waals surface area contributed by atoms with E-state index in [1.54, 1.807) is 0 Å². The van der Waals surface area contributed by atoms with Crippen molar-refractivity contribution in [2.24, 2.45) is 0 Å². The van der Waals surface area contributed by atoms with E-state index >= 15 is 0 Å². The van der Waals surface area contributed by atoms with Crippen LogP contribution in [0.5, 0.6) is 0 Å². The van der Waals surface area contributed by atoms with E-state index < -0.39 is 0 Å². The maximum atomic E-state index is 11.2. The summed E-state index contributed by atoms with van der Waals surface area (Å²) in [5.74, 6) is -0.356. The van der Waals surface area contributed by atoms with E-state index in [0.717, 1.165) is 0 Å². The number of rotatable bonds is 12. The van der Waals surface area contributed by atoms with Gasteiger partial charge >= 0.3 is 0 Å². The molecule has 0 aromatic heterocycles. The van der Waals surface area contributed by atoms with E-state index in [0.29, 0.717) is 38.9 Å². The molecule has 0 unspecified atom stereocenters. The van der Waals surface area contributed by atoms with Crippen LogP contribution >= 0.6 is 0 Å². The summed E-state index contributed by atoms with van der Waals surface area (Å²) in [6, 6.07) is 0. The Morgan fingerprint density at radius 1 is 0.737 bits per heavy atom. The van der Waals surface area contributed by atoms with Crippen molar-refractivity contribution in [3.63, 3.8) is 0 Å². The molecule has 5 heteroatoms. The molecule has 0 aliphatic rings. The van der Waals surface area contributed by atoms with Gasteiger partial charge in [0, 0.05) is 26.1 Å². The Hall–Kier alpha value is -1.36. The summed E-state index contributed by atoms with van der Waals surface area (Å²) < 4.78 is 5.27. The molecular formula is C14H22O5. The minimum Gasteiger partial charge on any atom is -0.381 e. The number of hydrogen-bond donors (Lipinski definition) is 0. The third-order valence-electron chi connectivity index (χ3n) is 2.38. The maximum Gasteiger partial charge on any atom is 0.140 e. The van der Waals surface area contributed by atoms with Gasteiger partial charge in [-0.05, 0) is 26.7 Å². The Balaban J connectivity index is 3.36. The lowest BCUT2D eigenvalue weighted by molar-refractivity contribution is -0.127. The Morgan fingerprint density at radius 2 is 1.11 bits per heavy atom. The molecule has 19 heavy (non-hydrogen) atoms. The second-order valence-corrected chi connectivity index (χ2v) is 4.65. The molecule has 0 saturated heterocycles. The highest BCUT2D eigenvalue weighted by molar-refractivity contribution is 5.98. The third kappa shape index (κ3) is 12.9. The van der Waals surface area contributed by atoms with Crippen molar-refractivity contribution in [1.82, 2.24) is 0 Å². The fraction of sp³-hybridized carbons (Fsp3) is 0.714. The summed E-state index contributed by atoms with van der Waals surface area (Å²) in [6.45, 7) is 3.69. The quantitative estimate of drug-likeness (QED) is 0.398. The Kier molecular flexibility index (Phi) is 9.80. The molecule has 0 saturated carbocycles. The second kappa shape index (κ2) is 10.6. The van der Waals surface area contributed by atoms with Crippen LogP contribution in [0.25, 0.3) is 0 Å². The van der Waals surface area contributed by atoms with Crippen LogP contribution in [0.4, 0.5) is 0 Å². The van der Waals surface area contributed by atoms with Gasteiger partial charge in [0.2, 0.25) is 0 Å². The van der Waals surface area contributed by atoms with E-state index in [1.165, 1.54) is 13.8 Å². The highest BCUT2D eigenvalue weighted by atomic mass is 16.5. The summed E-state index contributed by atoms with van der Waals surface area (Å²) in [4.78, 5) is 43.7. The molecule has 0 bridgehead atoms. The highest BCUT2D eigenvalue weighted by Gasteiger charge is 2.06. The molecular weight excluding hydrogens is 248 g/mol. The van der Waals surface area contributed by atoms with Crippen LogP contribution in [0.3, 0.4) is 0 Å². The van der Waals surface area contributed by atoms with Crippen molar-refractivity contribution in [3.05, 3.63) is 0 Å². The first-order chi connectivity index (χ1) is 8.91. The van der Waals surface area contributed by atoms with Gasteiger partial charge in [-0.1, -0.05) is 0 Å². The zero-order valence-electron chi connectivity index (χ0n) is 11.7. The average Bonchev–Trinajstić information content (AvgIpc) is 2.25. The average molecular weight is 270 g/mol. The van der Waals surface area contributed by atoms with Gasteiger partial charge in [0.05, 0.1) is 12.8 Å². The predicted octanol–water partition coefficient (Wildman–Crippen LogP) is 1.66. The van der Waals surface area contributed by atoms with Gasteiger partial charge in [0.25, 0.3) is 0 Å². The maximum absolute atomic E-state index is 11.2. The fourth-order valence-electron chi connectivity index (χ4n) is 1.58. The molecule has 0 atom stereocenters. The number of carbonyl (C=O) groups is 4. The van der Waals surface area contributed by atoms with Crippen LogP contribution in [0, 0.1) is 0 Å². The van der Waals surface area contributed by atoms with Crippen LogP contribution < -0.4 is 0 Å². The molecule has 108 valence electrons. The second-order valence-electron chi connectivity index (χ2n) is 4.65. The summed E-state index contributed by atoms with van der Waals surface area (Å²) in [6.07, 6.45) is 1.88. The minimum atomic E-state index is -0.116. The van der Waals surface area contributed by atoms with E-state index in [2.05, 4.69) is 0 Å². The highest BCUT2D eigenvalue weighted by Crippen LogP contribution is 2.00. The van der Waals surface area contributed by atoms with Crippen molar-refractivity contribution in [2.45, 2.75) is 52.4 Å². The fourth-order valence-corrected chi connectivity index (χ4v) is 1.58. The van der Waals surface area contributed by atoms with Crippen LogP contribution in [0.2, 0.25) is 0 Å². The molecule has 0 rings (SSSR count). The van der Waals surface area contributed by atoms with E-state index in [9.17, 15) is 19.2 Å². The van der Waals surface area contributed by atoms with Crippen molar-refractivity contribution in [1.29, 1.82) is 0 Å². The van der Waals surface area contributed by atoms with Crippen LogP contribution in [-0.4, -0.2) is 36.3 Å². The largest absolute Gasteiger partial charge is 0.381 e. The topological polar surface area (TPSA) is 77.5 Å². The normalized spacial score (nSPS) is 10.2. The smallest absolute Gasteiger partial charge is 0.140 e. The molecule has 0 aliphatic heterocycles. The number of Topliss-reactive ketones (excluding diaryl/α,β-unsaturated/α-hetero) is 4. The first kappa shape index (κ1) is 17.6. The van der Waals surface area contributed by atoms with Gasteiger partial charge in [-0.15, -0.1) is 0 Å². The first-order valence-corrected chi connectivity index (χ1v) is 6.52. The zero-order chi connectivity index (χ0) is 14.7. The van der Waals surface area contributed by atoms with E-state index in [4.69, 9.17) is 4.74 Å². The van der Waals surface area contributed by atoms with Gasteiger partial charge < -0.3 is 4.74 Å².